The first-order chi connectivity index (χ1) is 36.5. The summed E-state index contributed by atoms with van der Waals surface area (Å²) in [5.41, 5.74) is 0. The predicted octanol–water partition coefficient (Wildman–Crippen LogP) is 20.8. The van der Waals surface area contributed by atoms with Crippen molar-refractivity contribution in [1.29, 1.82) is 0 Å². The molecule has 1 atom stereocenters. The Labute approximate surface area is 456 Å². The second-order valence-electron chi connectivity index (χ2n) is 19.8. The first kappa shape index (κ1) is 69.8. The molecule has 6 nitrogen and oxygen atoms in total. The lowest BCUT2D eigenvalue weighted by molar-refractivity contribution is -0.167. The minimum absolute atomic E-state index is 0.0950. The van der Waals surface area contributed by atoms with E-state index in [1.807, 2.05) is 0 Å². The monoisotopic (exact) mass is 1020 g/mol. The fraction of sp³-hybridized carbons (Fsp3) is 0.662. The average molecular weight is 1030 g/mol. The molecule has 6 heteroatoms. The second-order valence-corrected chi connectivity index (χ2v) is 19.8. The number of unbranched alkanes of at least 4 members (excludes halogenated alkanes) is 23. The normalized spacial score (nSPS) is 13.0. The molecule has 0 aliphatic carbocycles. The molecule has 0 rings (SSSR count). The fourth-order valence-corrected chi connectivity index (χ4v) is 8.16. The molecule has 74 heavy (non-hydrogen) atoms. The Morgan fingerprint density at radius 3 is 0.824 bits per heavy atom. The number of esters is 3. The van der Waals surface area contributed by atoms with Crippen LogP contribution >= 0.6 is 0 Å². The van der Waals surface area contributed by atoms with Gasteiger partial charge in [-0.25, -0.2) is 0 Å². The summed E-state index contributed by atoms with van der Waals surface area (Å²) in [6, 6.07) is 0. The van der Waals surface area contributed by atoms with Gasteiger partial charge in [0.1, 0.15) is 13.2 Å². The van der Waals surface area contributed by atoms with E-state index in [0.717, 1.165) is 161 Å². The Morgan fingerprint density at radius 1 is 0.284 bits per heavy atom. The van der Waals surface area contributed by atoms with E-state index in [0.29, 0.717) is 19.3 Å². The molecule has 420 valence electrons. The van der Waals surface area contributed by atoms with Gasteiger partial charge in [-0.1, -0.05) is 245 Å². The number of allylic oxidation sites excluding steroid dienone is 20. The van der Waals surface area contributed by atoms with Crippen LogP contribution in [0.5, 0.6) is 0 Å². The first-order valence-corrected chi connectivity index (χ1v) is 30.5. The van der Waals surface area contributed by atoms with Crippen molar-refractivity contribution >= 4 is 17.9 Å². The summed E-state index contributed by atoms with van der Waals surface area (Å²) in [7, 11) is 0. The van der Waals surface area contributed by atoms with Gasteiger partial charge in [-0.2, -0.15) is 0 Å². The Morgan fingerprint density at radius 2 is 0.527 bits per heavy atom. The molecule has 0 aromatic carbocycles. The number of rotatable bonds is 54. The molecular weight excluding hydrogens is 913 g/mol. The van der Waals surface area contributed by atoms with Crippen molar-refractivity contribution in [3.8, 4) is 0 Å². The smallest absolute Gasteiger partial charge is 0.306 e. The molecule has 0 saturated heterocycles. The Hall–Kier alpha value is -4.19. The first-order valence-electron chi connectivity index (χ1n) is 30.5. The standard InChI is InChI=1S/C68H112O6/c1-4-7-10-13-16-19-22-25-28-30-31-32-33-34-35-36-37-38-41-43-46-49-52-55-58-61-67(70)73-64-65(63-72-66(69)60-57-54-51-48-45-42-39-27-24-21-18-15-12-9-6-3)74-68(71)62-59-56-53-50-47-44-40-29-26-23-20-17-14-11-8-5-2/h7,9-10,12,16,18-21,23,25,27-29,31-32,34-35,39-40,65H,4-6,8,11,13-15,17,22,24,26,30,33,36-38,41-64H2,1-3H3/b10-7-,12-9-,19-16-,21-18-,23-20-,28-25-,32-31-,35-34-,39-27-,40-29-. The van der Waals surface area contributed by atoms with Crippen molar-refractivity contribution in [1.82, 2.24) is 0 Å². The minimum atomic E-state index is -0.799. The Balaban J connectivity index is 4.39. The van der Waals surface area contributed by atoms with E-state index in [9.17, 15) is 14.4 Å². The van der Waals surface area contributed by atoms with Crippen LogP contribution in [0.3, 0.4) is 0 Å². The second kappa shape index (κ2) is 61.4. The minimum Gasteiger partial charge on any atom is -0.462 e. The maximum atomic E-state index is 12.9. The number of carbonyl (C=O) groups excluding carboxylic acids is 3. The van der Waals surface area contributed by atoms with Crippen LogP contribution in [0.2, 0.25) is 0 Å². The summed E-state index contributed by atoms with van der Waals surface area (Å²) in [5.74, 6) is -0.930. The van der Waals surface area contributed by atoms with Crippen molar-refractivity contribution in [3.63, 3.8) is 0 Å². The molecule has 0 aliphatic heterocycles. The fourth-order valence-electron chi connectivity index (χ4n) is 8.16. The van der Waals surface area contributed by atoms with Gasteiger partial charge in [-0.05, 0) is 128 Å². The van der Waals surface area contributed by atoms with Gasteiger partial charge in [0.15, 0.2) is 6.10 Å². The van der Waals surface area contributed by atoms with Gasteiger partial charge < -0.3 is 14.2 Å². The highest BCUT2D eigenvalue weighted by Crippen LogP contribution is 2.15. The summed E-state index contributed by atoms with van der Waals surface area (Å²) in [5, 5.41) is 0. The molecule has 0 aromatic rings. The third-order valence-corrected chi connectivity index (χ3v) is 12.7. The van der Waals surface area contributed by atoms with Crippen LogP contribution in [0.1, 0.15) is 271 Å². The van der Waals surface area contributed by atoms with Gasteiger partial charge in [0.25, 0.3) is 0 Å². The zero-order valence-corrected chi connectivity index (χ0v) is 48.1. The van der Waals surface area contributed by atoms with Crippen molar-refractivity contribution in [3.05, 3.63) is 122 Å². The summed E-state index contributed by atoms with van der Waals surface area (Å²) in [4.78, 5) is 38.3. The van der Waals surface area contributed by atoms with Crippen LogP contribution in [0.4, 0.5) is 0 Å². The van der Waals surface area contributed by atoms with Crippen LogP contribution in [-0.2, 0) is 28.6 Å². The number of carbonyl (C=O) groups is 3. The average Bonchev–Trinajstić information content (AvgIpc) is 3.40. The molecule has 1 unspecified atom stereocenters. The quantitative estimate of drug-likeness (QED) is 0.0261. The molecule has 0 fully saturated rings. The molecule has 0 amide bonds. The summed E-state index contributed by atoms with van der Waals surface area (Å²) < 4.78 is 16.9. The van der Waals surface area contributed by atoms with Crippen molar-refractivity contribution in [2.24, 2.45) is 0 Å². The summed E-state index contributed by atoms with van der Waals surface area (Å²) in [6.07, 6.45) is 84.8. The van der Waals surface area contributed by atoms with E-state index in [1.54, 1.807) is 0 Å². The van der Waals surface area contributed by atoms with E-state index in [-0.39, 0.29) is 31.1 Å². The lowest BCUT2D eigenvalue weighted by atomic mass is 10.1. The SMILES string of the molecule is CC/C=C\C/C=C\C/C=C\C/C=C\C/C=C\CCCCCCCCCCCC(=O)OCC(COC(=O)CCCCCCC/C=C\C/C=C\C/C=C\CC)OC(=O)CCCCCCC/C=C\C/C=C\CCCCCC. The largest absolute Gasteiger partial charge is 0.462 e. The van der Waals surface area contributed by atoms with Crippen LogP contribution in [0.15, 0.2) is 122 Å². The van der Waals surface area contributed by atoms with Gasteiger partial charge in [0, 0.05) is 19.3 Å². The topological polar surface area (TPSA) is 78.9 Å². The number of hydrogen-bond acceptors (Lipinski definition) is 6. The van der Waals surface area contributed by atoms with Crippen LogP contribution in [0.25, 0.3) is 0 Å². The molecule has 0 bridgehead atoms. The lowest BCUT2D eigenvalue weighted by Crippen LogP contribution is -2.30. The number of ether oxygens (including phenoxy) is 3. The molecule has 0 aromatic heterocycles. The van der Waals surface area contributed by atoms with Crippen molar-refractivity contribution < 1.29 is 28.6 Å². The zero-order chi connectivity index (χ0) is 53.6. The Bertz CT molecular complexity index is 1550. The highest BCUT2D eigenvalue weighted by Gasteiger charge is 2.19. The van der Waals surface area contributed by atoms with Gasteiger partial charge >= 0.3 is 17.9 Å². The molecule has 0 spiro atoms. The summed E-state index contributed by atoms with van der Waals surface area (Å²) in [6.45, 7) is 6.37. The highest BCUT2D eigenvalue weighted by molar-refractivity contribution is 5.71. The van der Waals surface area contributed by atoms with Crippen LogP contribution < -0.4 is 0 Å². The number of hydrogen-bond donors (Lipinski definition) is 0. The van der Waals surface area contributed by atoms with E-state index >= 15 is 0 Å². The van der Waals surface area contributed by atoms with E-state index in [2.05, 4.69) is 142 Å². The molecule has 0 saturated carbocycles. The van der Waals surface area contributed by atoms with Gasteiger partial charge in [0.05, 0.1) is 0 Å². The maximum absolute atomic E-state index is 12.9. The van der Waals surface area contributed by atoms with Crippen LogP contribution in [0, 0.1) is 0 Å². The van der Waals surface area contributed by atoms with Crippen LogP contribution in [-0.4, -0.2) is 37.2 Å². The lowest BCUT2D eigenvalue weighted by Gasteiger charge is -2.18. The molecule has 0 aliphatic rings. The van der Waals surface area contributed by atoms with Crippen molar-refractivity contribution in [2.75, 3.05) is 13.2 Å². The third kappa shape index (κ3) is 58.7. The van der Waals surface area contributed by atoms with E-state index < -0.39 is 6.10 Å². The predicted molar refractivity (Wildman–Crippen MR) is 320 cm³/mol. The molecule has 0 heterocycles. The highest BCUT2D eigenvalue weighted by atomic mass is 16.6. The summed E-state index contributed by atoms with van der Waals surface area (Å²) >= 11 is 0. The van der Waals surface area contributed by atoms with Gasteiger partial charge in [-0.15, -0.1) is 0 Å². The van der Waals surface area contributed by atoms with E-state index in [1.165, 1.54) is 70.6 Å². The van der Waals surface area contributed by atoms with Gasteiger partial charge in [-0.3, -0.25) is 14.4 Å². The maximum Gasteiger partial charge on any atom is 0.306 e. The van der Waals surface area contributed by atoms with E-state index in [4.69, 9.17) is 14.2 Å². The molecule has 0 radical (unpaired) electrons. The molecular formula is C68H112O6. The van der Waals surface area contributed by atoms with Crippen molar-refractivity contribution in [2.45, 2.75) is 277 Å². The van der Waals surface area contributed by atoms with Gasteiger partial charge in [0.2, 0.25) is 0 Å². The molecule has 0 N–H and O–H groups in total. The zero-order valence-electron chi connectivity index (χ0n) is 48.1. The Kier molecular flexibility index (Phi) is 57.9. The third-order valence-electron chi connectivity index (χ3n) is 12.7.